The summed E-state index contributed by atoms with van der Waals surface area (Å²) in [6.07, 6.45) is 0. The zero-order chi connectivity index (χ0) is 19.9. The molecule has 0 radical (unpaired) electrons. The molecular weight excluding hydrogens is 378 g/mol. The van der Waals surface area contributed by atoms with Gasteiger partial charge >= 0.3 is 5.97 Å². The van der Waals surface area contributed by atoms with Gasteiger partial charge in [0.1, 0.15) is 0 Å². The lowest BCUT2D eigenvalue weighted by Gasteiger charge is -2.07. The summed E-state index contributed by atoms with van der Waals surface area (Å²) in [5, 5.41) is 7.99. The Morgan fingerprint density at radius 3 is 2.21 bits per heavy atom. The van der Waals surface area contributed by atoms with Crippen LogP contribution in [-0.4, -0.2) is 11.9 Å². The van der Waals surface area contributed by atoms with Gasteiger partial charge in [-0.25, -0.2) is 10.3 Å². The number of carbonyl (C=O) groups is 2. The third-order valence-electron chi connectivity index (χ3n) is 3.85. The molecule has 0 aliphatic heterocycles. The summed E-state index contributed by atoms with van der Waals surface area (Å²) in [5.41, 5.74) is 5.18. The Morgan fingerprint density at radius 2 is 1.54 bits per heavy atom. The summed E-state index contributed by atoms with van der Waals surface area (Å²) < 4.78 is 0. The number of halogens is 1. The standard InChI is InChI=1S/C21H16ClN3O3/c1-14-6-2-3-7-17(14)20(26)24-23-15-10-12-16(13-11-15)25-28-21(27)18-8-4-5-9-19(18)22/h2-13,25H,1H3. The fraction of sp³-hybridized carbons (Fsp3) is 0.0476. The van der Waals surface area contributed by atoms with Gasteiger partial charge in [-0.05, 0) is 55.0 Å². The number of hydrogen-bond donors (Lipinski definition) is 1. The summed E-state index contributed by atoms with van der Waals surface area (Å²) >= 11 is 5.96. The smallest absolute Gasteiger partial charge is 0.338 e. The summed E-state index contributed by atoms with van der Waals surface area (Å²) in [7, 11) is 0. The maximum Gasteiger partial charge on any atom is 0.364 e. The van der Waals surface area contributed by atoms with Crippen LogP contribution in [0.15, 0.2) is 83.0 Å². The van der Waals surface area contributed by atoms with E-state index in [-0.39, 0.29) is 5.56 Å². The van der Waals surface area contributed by atoms with Gasteiger partial charge in [0.25, 0.3) is 5.91 Å². The first-order valence-electron chi connectivity index (χ1n) is 8.38. The molecule has 0 aliphatic rings. The number of nitrogens with zero attached hydrogens (tertiary/aromatic N) is 2. The van der Waals surface area contributed by atoms with E-state index in [1.165, 1.54) is 0 Å². The number of carbonyl (C=O) groups excluding carboxylic acids is 2. The Balaban J connectivity index is 1.59. The highest BCUT2D eigenvalue weighted by Gasteiger charge is 2.11. The zero-order valence-electron chi connectivity index (χ0n) is 14.9. The predicted octanol–water partition coefficient (Wildman–Crippen LogP) is 5.76. The second kappa shape index (κ2) is 8.92. The fourth-order valence-corrected chi connectivity index (χ4v) is 2.57. The van der Waals surface area contributed by atoms with Gasteiger partial charge in [0, 0.05) is 5.56 Å². The van der Waals surface area contributed by atoms with E-state index in [2.05, 4.69) is 15.7 Å². The first kappa shape index (κ1) is 19.3. The number of hydrogen-bond acceptors (Lipinski definition) is 5. The van der Waals surface area contributed by atoms with E-state index in [1.54, 1.807) is 60.7 Å². The molecule has 0 aliphatic carbocycles. The Hall–Kier alpha value is -3.51. The van der Waals surface area contributed by atoms with Crippen LogP contribution in [0.25, 0.3) is 0 Å². The number of benzene rings is 3. The van der Waals surface area contributed by atoms with Crippen molar-refractivity contribution in [3.8, 4) is 0 Å². The molecule has 3 aromatic carbocycles. The molecule has 1 amide bonds. The van der Waals surface area contributed by atoms with E-state index in [4.69, 9.17) is 16.4 Å². The van der Waals surface area contributed by atoms with Gasteiger partial charge in [-0.2, -0.15) is 0 Å². The zero-order valence-corrected chi connectivity index (χ0v) is 15.7. The maximum atomic E-state index is 12.1. The molecule has 0 atom stereocenters. The van der Waals surface area contributed by atoms with E-state index in [1.807, 2.05) is 19.1 Å². The molecule has 0 bridgehead atoms. The minimum absolute atomic E-state index is 0.261. The third-order valence-corrected chi connectivity index (χ3v) is 4.18. The van der Waals surface area contributed by atoms with Crippen LogP contribution in [0, 0.1) is 6.92 Å². The molecule has 0 saturated carbocycles. The van der Waals surface area contributed by atoms with Crippen molar-refractivity contribution in [3.63, 3.8) is 0 Å². The van der Waals surface area contributed by atoms with Crippen LogP contribution in [0.1, 0.15) is 26.3 Å². The molecule has 0 fully saturated rings. The van der Waals surface area contributed by atoms with Crippen molar-refractivity contribution < 1.29 is 14.4 Å². The Labute approximate surface area is 166 Å². The van der Waals surface area contributed by atoms with Crippen LogP contribution in [0.3, 0.4) is 0 Å². The lowest BCUT2D eigenvalue weighted by atomic mass is 10.1. The van der Waals surface area contributed by atoms with Crippen LogP contribution in [-0.2, 0) is 4.84 Å². The first-order valence-corrected chi connectivity index (χ1v) is 8.76. The molecule has 0 unspecified atom stereocenters. The van der Waals surface area contributed by atoms with E-state index in [0.717, 1.165) is 5.56 Å². The number of nitrogens with one attached hydrogen (secondary N) is 1. The van der Waals surface area contributed by atoms with Gasteiger partial charge in [0.2, 0.25) is 0 Å². The number of anilines is 1. The quantitative estimate of drug-likeness (QED) is 0.441. The van der Waals surface area contributed by atoms with Gasteiger partial charge in [-0.3, -0.25) is 4.79 Å². The Kier molecular flexibility index (Phi) is 6.14. The summed E-state index contributed by atoms with van der Waals surface area (Å²) in [6.45, 7) is 1.84. The fourth-order valence-electron chi connectivity index (χ4n) is 2.35. The molecule has 0 aromatic heterocycles. The van der Waals surface area contributed by atoms with Gasteiger partial charge in [-0.15, -0.1) is 10.2 Å². The summed E-state index contributed by atoms with van der Waals surface area (Å²) in [4.78, 5) is 29.1. The third kappa shape index (κ3) is 4.81. The van der Waals surface area contributed by atoms with E-state index >= 15 is 0 Å². The maximum absolute atomic E-state index is 12.1. The Bertz CT molecular complexity index is 1030. The van der Waals surface area contributed by atoms with Crippen molar-refractivity contribution in [2.45, 2.75) is 6.92 Å². The molecule has 0 heterocycles. The molecule has 0 saturated heterocycles. The van der Waals surface area contributed by atoms with Crippen molar-refractivity contribution in [2.24, 2.45) is 10.2 Å². The highest BCUT2D eigenvalue weighted by Crippen LogP contribution is 2.19. The van der Waals surface area contributed by atoms with Gasteiger partial charge in [-0.1, -0.05) is 41.9 Å². The largest absolute Gasteiger partial charge is 0.364 e. The van der Waals surface area contributed by atoms with Crippen LogP contribution in [0.2, 0.25) is 5.02 Å². The van der Waals surface area contributed by atoms with Crippen LogP contribution >= 0.6 is 11.6 Å². The molecule has 140 valence electrons. The summed E-state index contributed by atoms with van der Waals surface area (Å²) in [6, 6.07) is 20.3. The minimum Gasteiger partial charge on any atom is -0.338 e. The van der Waals surface area contributed by atoms with E-state index in [9.17, 15) is 9.59 Å². The number of azo groups is 1. The highest BCUT2D eigenvalue weighted by molar-refractivity contribution is 6.33. The number of aryl methyl sites for hydroxylation is 1. The lowest BCUT2D eigenvalue weighted by Crippen LogP contribution is -2.11. The van der Waals surface area contributed by atoms with E-state index < -0.39 is 11.9 Å². The Morgan fingerprint density at radius 1 is 0.893 bits per heavy atom. The number of rotatable bonds is 5. The van der Waals surface area contributed by atoms with Gasteiger partial charge in [0.05, 0.1) is 22.0 Å². The van der Waals surface area contributed by atoms with Crippen molar-refractivity contribution in [2.75, 3.05) is 5.48 Å². The first-order chi connectivity index (χ1) is 13.5. The van der Waals surface area contributed by atoms with Crippen LogP contribution in [0.4, 0.5) is 11.4 Å². The molecule has 0 spiro atoms. The molecule has 28 heavy (non-hydrogen) atoms. The minimum atomic E-state index is -0.599. The van der Waals surface area contributed by atoms with Gasteiger partial charge in [0.15, 0.2) is 0 Å². The van der Waals surface area contributed by atoms with Crippen molar-refractivity contribution in [1.82, 2.24) is 0 Å². The lowest BCUT2D eigenvalue weighted by molar-refractivity contribution is 0.0596. The summed E-state index contributed by atoms with van der Waals surface area (Å²) in [5.74, 6) is -1.01. The van der Waals surface area contributed by atoms with Crippen molar-refractivity contribution >= 4 is 34.9 Å². The molecule has 3 aromatic rings. The topological polar surface area (TPSA) is 80.1 Å². The SMILES string of the molecule is Cc1ccccc1C(=O)N=Nc1ccc(NOC(=O)c2ccccc2Cl)cc1. The van der Waals surface area contributed by atoms with E-state index in [0.29, 0.717) is 22.0 Å². The highest BCUT2D eigenvalue weighted by atomic mass is 35.5. The van der Waals surface area contributed by atoms with Crippen LogP contribution < -0.4 is 5.48 Å². The molecule has 3 rings (SSSR count). The molecular formula is C21H16ClN3O3. The average Bonchev–Trinajstić information content (AvgIpc) is 2.71. The second-order valence-electron chi connectivity index (χ2n) is 5.84. The average molecular weight is 394 g/mol. The van der Waals surface area contributed by atoms with Crippen molar-refractivity contribution in [3.05, 3.63) is 94.5 Å². The number of amides is 1. The molecule has 6 nitrogen and oxygen atoms in total. The van der Waals surface area contributed by atoms with Crippen molar-refractivity contribution in [1.29, 1.82) is 0 Å². The normalized spacial score (nSPS) is 10.6. The van der Waals surface area contributed by atoms with Crippen LogP contribution in [0.5, 0.6) is 0 Å². The predicted molar refractivity (Wildman–Crippen MR) is 107 cm³/mol. The monoisotopic (exact) mass is 393 g/mol. The van der Waals surface area contributed by atoms with Gasteiger partial charge < -0.3 is 4.84 Å². The second-order valence-corrected chi connectivity index (χ2v) is 6.25. The molecule has 1 N–H and O–H groups in total. The molecule has 7 heteroatoms.